The smallest absolute Gasteiger partial charge is 0.307 e. The van der Waals surface area contributed by atoms with E-state index in [0.29, 0.717) is 13.0 Å². The number of Topliss-reactive ketones (excluding diaryl/α,β-unsaturated/α-hetero) is 1. The lowest BCUT2D eigenvalue weighted by Crippen LogP contribution is -2.46. The molecular formula is C17H23NO3. The van der Waals surface area contributed by atoms with Crippen LogP contribution in [0.5, 0.6) is 0 Å². The maximum absolute atomic E-state index is 12.7. The SMILES string of the molecule is Cc1ccc(C(=O)C(C)N2CCCC(C(=O)O)C2)c(C)c1. The molecule has 4 heteroatoms. The molecular weight excluding hydrogens is 266 g/mol. The number of aryl methyl sites for hydroxylation is 2. The molecule has 2 unspecified atom stereocenters. The van der Waals surface area contributed by atoms with Crippen molar-refractivity contribution in [2.45, 2.75) is 39.7 Å². The van der Waals surface area contributed by atoms with Gasteiger partial charge in [0, 0.05) is 12.1 Å². The molecule has 4 nitrogen and oxygen atoms in total. The highest BCUT2D eigenvalue weighted by Crippen LogP contribution is 2.21. The number of nitrogens with zero attached hydrogens (tertiary/aromatic N) is 1. The number of likely N-dealkylation sites (tertiary alicyclic amines) is 1. The molecule has 0 aliphatic carbocycles. The van der Waals surface area contributed by atoms with Gasteiger partial charge in [0.15, 0.2) is 5.78 Å². The lowest BCUT2D eigenvalue weighted by Gasteiger charge is -2.34. The number of ketones is 1. The van der Waals surface area contributed by atoms with Crippen LogP contribution in [0.25, 0.3) is 0 Å². The van der Waals surface area contributed by atoms with E-state index in [4.69, 9.17) is 5.11 Å². The van der Waals surface area contributed by atoms with E-state index in [-0.39, 0.29) is 17.7 Å². The van der Waals surface area contributed by atoms with Crippen LogP contribution in [0, 0.1) is 19.8 Å². The summed E-state index contributed by atoms with van der Waals surface area (Å²) in [6.07, 6.45) is 1.54. The molecule has 1 aliphatic heterocycles. The first-order valence-corrected chi connectivity index (χ1v) is 7.48. The van der Waals surface area contributed by atoms with Gasteiger partial charge in [-0.1, -0.05) is 23.8 Å². The molecule has 0 radical (unpaired) electrons. The Hall–Kier alpha value is -1.68. The number of carboxylic acid groups (broad SMARTS) is 1. The van der Waals surface area contributed by atoms with Gasteiger partial charge in [-0.3, -0.25) is 14.5 Å². The Balaban J connectivity index is 2.13. The summed E-state index contributed by atoms with van der Waals surface area (Å²) in [6.45, 7) is 7.09. The molecule has 0 aromatic heterocycles. The molecule has 1 fully saturated rings. The minimum Gasteiger partial charge on any atom is -0.481 e. The van der Waals surface area contributed by atoms with Gasteiger partial charge >= 0.3 is 5.97 Å². The molecule has 1 saturated heterocycles. The van der Waals surface area contributed by atoms with Gasteiger partial charge in [0.25, 0.3) is 0 Å². The summed E-state index contributed by atoms with van der Waals surface area (Å²) in [5, 5.41) is 9.16. The monoisotopic (exact) mass is 289 g/mol. The fourth-order valence-electron chi connectivity index (χ4n) is 3.04. The van der Waals surface area contributed by atoms with Crippen LogP contribution in [0.3, 0.4) is 0 Å². The fraction of sp³-hybridized carbons (Fsp3) is 0.529. The number of hydrogen-bond acceptors (Lipinski definition) is 3. The predicted octanol–water partition coefficient (Wildman–Crippen LogP) is 2.67. The average molecular weight is 289 g/mol. The van der Waals surface area contributed by atoms with E-state index in [1.165, 1.54) is 0 Å². The topological polar surface area (TPSA) is 57.6 Å². The molecule has 1 aromatic carbocycles. The van der Waals surface area contributed by atoms with Crippen LogP contribution in [0.2, 0.25) is 0 Å². The highest BCUT2D eigenvalue weighted by Gasteiger charge is 2.31. The Morgan fingerprint density at radius 2 is 2.05 bits per heavy atom. The molecule has 0 spiro atoms. The van der Waals surface area contributed by atoms with E-state index in [0.717, 1.165) is 29.7 Å². The van der Waals surface area contributed by atoms with Crippen molar-refractivity contribution in [1.29, 1.82) is 0 Å². The summed E-state index contributed by atoms with van der Waals surface area (Å²) in [5.74, 6) is -1.03. The first-order valence-electron chi connectivity index (χ1n) is 7.48. The molecule has 1 heterocycles. The Labute approximate surface area is 125 Å². The zero-order valence-electron chi connectivity index (χ0n) is 12.9. The molecule has 0 saturated carbocycles. The third kappa shape index (κ3) is 3.50. The van der Waals surface area contributed by atoms with Gasteiger partial charge in [-0.15, -0.1) is 0 Å². The summed E-state index contributed by atoms with van der Waals surface area (Å²) >= 11 is 0. The van der Waals surface area contributed by atoms with Gasteiger partial charge in [-0.25, -0.2) is 0 Å². The Bertz CT molecular complexity index is 553. The lowest BCUT2D eigenvalue weighted by molar-refractivity contribution is -0.143. The second kappa shape index (κ2) is 6.39. The van der Waals surface area contributed by atoms with Crippen molar-refractivity contribution in [2.75, 3.05) is 13.1 Å². The Morgan fingerprint density at radius 1 is 1.33 bits per heavy atom. The lowest BCUT2D eigenvalue weighted by atomic mass is 9.93. The third-order valence-electron chi connectivity index (χ3n) is 4.38. The van der Waals surface area contributed by atoms with Crippen LogP contribution in [0.15, 0.2) is 18.2 Å². The van der Waals surface area contributed by atoms with Gasteiger partial charge in [0.2, 0.25) is 0 Å². The van der Waals surface area contributed by atoms with E-state index < -0.39 is 5.97 Å². The van der Waals surface area contributed by atoms with Crippen LogP contribution in [-0.4, -0.2) is 40.9 Å². The van der Waals surface area contributed by atoms with E-state index >= 15 is 0 Å². The number of aliphatic carboxylic acids is 1. The highest BCUT2D eigenvalue weighted by atomic mass is 16.4. The van der Waals surface area contributed by atoms with Crippen molar-refractivity contribution < 1.29 is 14.7 Å². The molecule has 1 aromatic rings. The van der Waals surface area contributed by atoms with Crippen LogP contribution in [0.4, 0.5) is 0 Å². The van der Waals surface area contributed by atoms with Gasteiger partial charge in [0.1, 0.15) is 0 Å². The minimum atomic E-state index is -0.758. The maximum atomic E-state index is 12.7. The second-order valence-electron chi connectivity index (χ2n) is 6.03. The van der Waals surface area contributed by atoms with E-state index in [9.17, 15) is 9.59 Å². The number of carboxylic acids is 1. The van der Waals surface area contributed by atoms with Gasteiger partial charge in [0.05, 0.1) is 12.0 Å². The Morgan fingerprint density at radius 3 is 2.67 bits per heavy atom. The molecule has 1 aliphatic rings. The number of carbonyl (C=O) groups is 2. The van der Waals surface area contributed by atoms with Gasteiger partial charge in [-0.2, -0.15) is 0 Å². The van der Waals surface area contributed by atoms with Crippen molar-refractivity contribution in [2.24, 2.45) is 5.92 Å². The van der Waals surface area contributed by atoms with Crippen LogP contribution >= 0.6 is 0 Å². The van der Waals surface area contributed by atoms with Crippen molar-refractivity contribution in [3.05, 3.63) is 34.9 Å². The number of rotatable bonds is 4. The quantitative estimate of drug-likeness (QED) is 0.866. The average Bonchev–Trinajstić information content (AvgIpc) is 2.46. The standard InChI is InChI=1S/C17H23NO3/c1-11-6-7-15(12(2)9-11)16(19)13(3)18-8-4-5-14(10-18)17(20)21/h6-7,9,13-14H,4-5,8,10H2,1-3H3,(H,20,21). The molecule has 1 N–H and O–H groups in total. The Kier molecular flexibility index (Phi) is 4.78. The first-order chi connectivity index (χ1) is 9.90. The summed E-state index contributed by atoms with van der Waals surface area (Å²) in [6, 6.07) is 5.57. The van der Waals surface area contributed by atoms with Crippen molar-refractivity contribution in [3.8, 4) is 0 Å². The van der Waals surface area contributed by atoms with Crippen molar-refractivity contribution in [3.63, 3.8) is 0 Å². The van der Waals surface area contributed by atoms with Crippen molar-refractivity contribution in [1.82, 2.24) is 4.90 Å². The summed E-state index contributed by atoms with van der Waals surface area (Å²) < 4.78 is 0. The molecule has 0 amide bonds. The maximum Gasteiger partial charge on any atom is 0.307 e. The van der Waals surface area contributed by atoms with E-state index in [2.05, 4.69) is 0 Å². The fourth-order valence-corrected chi connectivity index (χ4v) is 3.04. The van der Waals surface area contributed by atoms with Gasteiger partial charge in [-0.05, 0) is 45.7 Å². The number of hydrogen-bond donors (Lipinski definition) is 1. The van der Waals surface area contributed by atoms with E-state index in [1.54, 1.807) is 0 Å². The molecule has 2 rings (SSSR count). The summed E-state index contributed by atoms with van der Waals surface area (Å²) in [5.41, 5.74) is 2.87. The second-order valence-corrected chi connectivity index (χ2v) is 6.03. The number of carbonyl (C=O) groups excluding carboxylic acids is 1. The third-order valence-corrected chi connectivity index (χ3v) is 4.38. The summed E-state index contributed by atoms with van der Waals surface area (Å²) in [7, 11) is 0. The number of piperidine rings is 1. The van der Waals surface area contributed by atoms with Crippen LogP contribution in [-0.2, 0) is 4.79 Å². The highest BCUT2D eigenvalue weighted by molar-refractivity contribution is 6.01. The zero-order chi connectivity index (χ0) is 15.6. The van der Waals surface area contributed by atoms with Crippen LogP contribution < -0.4 is 0 Å². The molecule has 21 heavy (non-hydrogen) atoms. The minimum absolute atomic E-state index is 0.0820. The largest absolute Gasteiger partial charge is 0.481 e. The number of benzene rings is 1. The molecule has 114 valence electrons. The van der Waals surface area contributed by atoms with Crippen molar-refractivity contribution >= 4 is 11.8 Å². The van der Waals surface area contributed by atoms with Gasteiger partial charge < -0.3 is 5.11 Å². The van der Waals surface area contributed by atoms with E-state index in [1.807, 2.05) is 43.9 Å². The summed E-state index contributed by atoms with van der Waals surface area (Å²) in [4.78, 5) is 25.8. The first kappa shape index (κ1) is 15.7. The van der Waals surface area contributed by atoms with Crippen LogP contribution in [0.1, 0.15) is 41.3 Å². The normalized spacial score (nSPS) is 21.0. The predicted molar refractivity (Wildman–Crippen MR) is 81.6 cm³/mol. The molecule has 0 bridgehead atoms. The molecule has 2 atom stereocenters. The zero-order valence-corrected chi connectivity index (χ0v) is 12.9.